The van der Waals surface area contributed by atoms with Gasteiger partial charge in [0, 0.05) is 44.6 Å². The summed E-state index contributed by atoms with van der Waals surface area (Å²) in [5, 5.41) is 4.32. The van der Waals surface area contributed by atoms with Gasteiger partial charge in [-0.15, -0.1) is 0 Å². The number of piperidine rings is 1. The van der Waals surface area contributed by atoms with Crippen LogP contribution in [0.2, 0.25) is 0 Å². The van der Waals surface area contributed by atoms with Crippen LogP contribution in [0.4, 0.5) is 0 Å². The highest BCUT2D eigenvalue weighted by atomic mass is 32.2. The number of benzene rings is 1. The Labute approximate surface area is 155 Å². The van der Waals surface area contributed by atoms with Gasteiger partial charge in [-0.25, -0.2) is 12.7 Å². The van der Waals surface area contributed by atoms with E-state index < -0.39 is 10.0 Å². The lowest BCUT2D eigenvalue weighted by atomic mass is 9.94. The molecule has 3 aliphatic rings. The summed E-state index contributed by atoms with van der Waals surface area (Å²) in [5.74, 6) is 0.432. The number of hydrogen-bond acceptors (Lipinski definition) is 4. The van der Waals surface area contributed by atoms with Crippen molar-refractivity contribution >= 4 is 10.0 Å². The molecule has 1 aromatic heterocycles. The normalized spacial score (nSPS) is 24.7. The second kappa shape index (κ2) is 7.13. The van der Waals surface area contributed by atoms with E-state index in [0.717, 1.165) is 32.5 Å². The first kappa shape index (κ1) is 17.7. The van der Waals surface area contributed by atoms with Crippen LogP contribution in [0.5, 0.6) is 0 Å². The summed E-state index contributed by atoms with van der Waals surface area (Å²) in [6, 6.07) is 10.8. The summed E-state index contributed by atoms with van der Waals surface area (Å²) in [5.41, 5.74) is 2.58. The zero-order chi connectivity index (χ0) is 18.1. The van der Waals surface area contributed by atoms with Crippen LogP contribution in [0.3, 0.4) is 0 Å². The summed E-state index contributed by atoms with van der Waals surface area (Å²) in [4.78, 5) is 2.49. The molecule has 3 aliphatic heterocycles. The molecule has 2 bridgehead atoms. The molecule has 2 aromatic rings. The van der Waals surface area contributed by atoms with Gasteiger partial charge in [0.1, 0.15) is 0 Å². The SMILES string of the molecule is CS(=O)(=O)N1C[C@H]2CC[C@@H](C1)N(Cc1ccccc1Cn1cccn1)C2. The van der Waals surface area contributed by atoms with Crippen molar-refractivity contribution in [2.24, 2.45) is 5.92 Å². The minimum absolute atomic E-state index is 0.307. The Morgan fingerprint density at radius 3 is 2.50 bits per heavy atom. The Balaban J connectivity index is 1.53. The predicted octanol–water partition coefficient (Wildman–Crippen LogP) is 1.79. The molecule has 0 N–H and O–H groups in total. The molecule has 0 radical (unpaired) electrons. The molecule has 7 heteroatoms. The molecule has 5 rings (SSSR count). The van der Waals surface area contributed by atoms with E-state index in [1.807, 2.05) is 16.9 Å². The predicted molar refractivity (Wildman–Crippen MR) is 101 cm³/mol. The highest BCUT2D eigenvalue weighted by Crippen LogP contribution is 2.30. The van der Waals surface area contributed by atoms with Crippen LogP contribution >= 0.6 is 0 Å². The fraction of sp³-hybridized carbons (Fsp3) is 0.526. The first-order valence-corrected chi connectivity index (χ1v) is 11.1. The smallest absolute Gasteiger partial charge is 0.211 e. The summed E-state index contributed by atoms with van der Waals surface area (Å²) in [6.07, 6.45) is 7.33. The minimum atomic E-state index is -3.12. The molecular formula is C19H26N4O2S. The Bertz CT molecular complexity index is 850. The van der Waals surface area contributed by atoms with E-state index in [0.29, 0.717) is 25.0 Å². The summed E-state index contributed by atoms with van der Waals surface area (Å²) in [7, 11) is -3.12. The van der Waals surface area contributed by atoms with E-state index >= 15 is 0 Å². The van der Waals surface area contributed by atoms with Gasteiger partial charge in [0.05, 0.1) is 12.8 Å². The number of aromatic nitrogens is 2. The second-order valence-electron chi connectivity index (χ2n) is 7.58. The second-order valence-corrected chi connectivity index (χ2v) is 9.56. The zero-order valence-corrected chi connectivity index (χ0v) is 16.0. The van der Waals surface area contributed by atoms with Crippen LogP contribution in [-0.2, 0) is 23.1 Å². The third kappa shape index (κ3) is 3.84. The Morgan fingerprint density at radius 2 is 1.81 bits per heavy atom. The van der Waals surface area contributed by atoms with Gasteiger partial charge in [0.15, 0.2) is 0 Å². The summed E-state index contributed by atoms with van der Waals surface area (Å²) >= 11 is 0. The van der Waals surface area contributed by atoms with Crippen LogP contribution in [0, 0.1) is 5.92 Å². The van der Waals surface area contributed by atoms with Crippen LogP contribution < -0.4 is 0 Å². The first-order chi connectivity index (χ1) is 12.5. The van der Waals surface area contributed by atoms with E-state index in [-0.39, 0.29) is 0 Å². The molecule has 0 amide bonds. The van der Waals surface area contributed by atoms with Crippen molar-refractivity contribution in [2.45, 2.75) is 32.0 Å². The minimum Gasteiger partial charge on any atom is -0.294 e. The van der Waals surface area contributed by atoms with Crippen LogP contribution in [0.25, 0.3) is 0 Å². The van der Waals surface area contributed by atoms with Crippen LogP contribution in [0.1, 0.15) is 24.0 Å². The van der Waals surface area contributed by atoms with E-state index in [4.69, 9.17) is 0 Å². The maximum atomic E-state index is 12.1. The standard InChI is InChI=1S/C19H26N4O2S/c1-26(24,25)23-12-16-7-8-19(15-23)21(11-16)13-17-5-2-3-6-18(17)14-22-10-4-9-20-22/h2-6,9-10,16,19H,7-8,11-15H2,1H3/t16-,19-/m0/s1. The lowest BCUT2D eigenvalue weighted by Gasteiger charge is -2.36. The Hall–Kier alpha value is -1.70. The highest BCUT2D eigenvalue weighted by molar-refractivity contribution is 7.88. The molecule has 3 saturated heterocycles. The summed E-state index contributed by atoms with van der Waals surface area (Å²) < 4.78 is 27.7. The molecule has 3 fully saturated rings. The van der Waals surface area contributed by atoms with Crippen molar-refractivity contribution in [1.82, 2.24) is 19.0 Å². The topological polar surface area (TPSA) is 58.4 Å². The largest absolute Gasteiger partial charge is 0.294 e. The van der Waals surface area contributed by atoms with Crippen LogP contribution in [-0.4, -0.2) is 59.3 Å². The molecule has 26 heavy (non-hydrogen) atoms. The van der Waals surface area contributed by atoms with Gasteiger partial charge in [-0.05, 0) is 36.0 Å². The first-order valence-electron chi connectivity index (χ1n) is 9.22. The monoisotopic (exact) mass is 374 g/mol. The van der Waals surface area contributed by atoms with Gasteiger partial charge >= 0.3 is 0 Å². The molecule has 0 saturated carbocycles. The highest BCUT2D eigenvalue weighted by Gasteiger charge is 2.37. The molecule has 0 aliphatic carbocycles. The van der Waals surface area contributed by atoms with Crippen molar-refractivity contribution in [3.63, 3.8) is 0 Å². The lowest BCUT2D eigenvalue weighted by Crippen LogP contribution is -2.44. The van der Waals surface area contributed by atoms with Crippen molar-refractivity contribution < 1.29 is 8.42 Å². The van der Waals surface area contributed by atoms with E-state index in [1.54, 1.807) is 10.5 Å². The molecule has 2 atom stereocenters. The molecule has 6 nitrogen and oxygen atoms in total. The van der Waals surface area contributed by atoms with Gasteiger partial charge < -0.3 is 0 Å². The van der Waals surface area contributed by atoms with Crippen molar-refractivity contribution in [3.05, 3.63) is 53.9 Å². The van der Waals surface area contributed by atoms with Crippen molar-refractivity contribution in [1.29, 1.82) is 0 Å². The Morgan fingerprint density at radius 1 is 1.04 bits per heavy atom. The average Bonchev–Trinajstić information content (AvgIpc) is 2.93. The maximum absolute atomic E-state index is 12.1. The quantitative estimate of drug-likeness (QED) is 0.801. The number of hydrogen-bond donors (Lipinski definition) is 0. The molecule has 1 aromatic carbocycles. The van der Waals surface area contributed by atoms with Gasteiger partial charge in [0.2, 0.25) is 10.0 Å². The van der Waals surface area contributed by atoms with Crippen molar-refractivity contribution in [2.75, 3.05) is 25.9 Å². The molecule has 0 spiro atoms. The van der Waals surface area contributed by atoms with Crippen LogP contribution in [0.15, 0.2) is 42.7 Å². The fourth-order valence-electron chi connectivity index (χ4n) is 4.25. The van der Waals surface area contributed by atoms with Gasteiger partial charge in [-0.1, -0.05) is 24.3 Å². The maximum Gasteiger partial charge on any atom is 0.211 e. The van der Waals surface area contributed by atoms with Crippen molar-refractivity contribution in [3.8, 4) is 0 Å². The van der Waals surface area contributed by atoms with Gasteiger partial charge in [0.25, 0.3) is 0 Å². The fourth-order valence-corrected chi connectivity index (χ4v) is 5.18. The number of sulfonamides is 1. The third-order valence-corrected chi connectivity index (χ3v) is 6.88. The lowest BCUT2D eigenvalue weighted by molar-refractivity contribution is 0.125. The summed E-state index contributed by atoms with van der Waals surface area (Å²) in [6.45, 7) is 3.90. The zero-order valence-electron chi connectivity index (χ0n) is 15.2. The Kier molecular flexibility index (Phi) is 4.86. The third-order valence-electron chi connectivity index (χ3n) is 5.65. The number of rotatable bonds is 5. The molecule has 4 heterocycles. The number of nitrogens with zero attached hydrogens (tertiary/aromatic N) is 4. The molecular weight excluding hydrogens is 348 g/mol. The number of fused-ring (bicyclic) bond motifs is 4. The molecule has 0 unspecified atom stereocenters. The van der Waals surface area contributed by atoms with E-state index in [9.17, 15) is 8.42 Å². The molecule has 140 valence electrons. The van der Waals surface area contributed by atoms with Gasteiger partial charge in [-0.2, -0.15) is 5.10 Å². The van der Waals surface area contributed by atoms with E-state index in [1.165, 1.54) is 17.4 Å². The average molecular weight is 375 g/mol. The van der Waals surface area contributed by atoms with Gasteiger partial charge in [-0.3, -0.25) is 9.58 Å². The van der Waals surface area contributed by atoms with E-state index in [2.05, 4.69) is 34.3 Å².